The van der Waals surface area contributed by atoms with E-state index in [1.165, 1.54) is 0 Å². The molecule has 0 spiro atoms. The number of nitrogens with one attached hydrogen (secondary N) is 1. The molecule has 8 heteroatoms. The Labute approximate surface area is 144 Å². The van der Waals surface area contributed by atoms with Crippen LogP contribution in [0.3, 0.4) is 0 Å². The van der Waals surface area contributed by atoms with Crippen molar-refractivity contribution in [2.45, 2.75) is 17.4 Å². The Balaban J connectivity index is 0.00000192. The van der Waals surface area contributed by atoms with Gasteiger partial charge >= 0.3 is 0 Å². The van der Waals surface area contributed by atoms with E-state index in [1.54, 1.807) is 35.7 Å². The van der Waals surface area contributed by atoms with Crippen LogP contribution in [0.5, 0.6) is 5.75 Å². The lowest BCUT2D eigenvalue weighted by Crippen LogP contribution is -2.49. The van der Waals surface area contributed by atoms with Gasteiger partial charge < -0.3 is 10.1 Å². The standard InChI is InChI=1S/C15H23N3O3S.ClH/c1-21-14-2-4-15(5-3-14)22(19,20)18-9-6-13(12-18)17-10-7-16-8-11-17;/h2-5,13,16H,6-12H2,1H3;1H. The second-order valence-electron chi connectivity index (χ2n) is 5.77. The minimum Gasteiger partial charge on any atom is -0.497 e. The minimum absolute atomic E-state index is 0. The highest BCUT2D eigenvalue weighted by Gasteiger charge is 2.35. The topological polar surface area (TPSA) is 61.9 Å². The molecule has 2 fully saturated rings. The van der Waals surface area contributed by atoms with Crippen LogP contribution < -0.4 is 10.1 Å². The largest absolute Gasteiger partial charge is 0.497 e. The molecule has 2 saturated heterocycles. The van der Waals surface area contributed by atoms with Crippen molar-refractivity contribution < 1.29 is 13.2 Å². The maximum Gasteiger partial charge on any atom is 0.243 e. The predicted octanol–water partition coefficient (Wildman–Crippen LogP) is 0.785. The Hall–Kier alpha value is -0.860. The van der Waals surface area contributed by atoms with Crippen molar-refractivity contribution in [1.82, 2.24) is 14.5 Å². The molecular formula is C15H24ClN3O3S. The van der Waals surface area contributed by atoms with E-state index in [9.17, 15) is 8.42 Å². The Morgan fingerprint density at radius 3 is 2.39 bits per heavy atom. The number of hydrogen-bond acceptors (Lipinski definition) is 5. The fraction of sp³-hybridized carbons (Fsp3) is 0.600. The summed E-state index contributed by atoms with van der Waals surface area (Å²) in [6.07, 6.45) is 0.912. The zero-order chi connectivity index (χ0) is 15.6. The monoisotopic (exact) mass is 361 g/mol. The van der Waals surface area contributed by atoms with Crippen LogP contribution in [0.4, 0.5) is 0 Å². The second kappa shape index (κ2) is 7.81. The highest BCUT2D eigenvalue weighted by atomic mass is 35.5. The van der Waals surface area contributed by atoms with Gasteiger partial charge in [-0.2, -0.15) is 4.31 Å². The van der Waals surface area contributed by atoms with Crippen LogP contribution in [0.25, 0.3) is 0 Å². The van der Waals surface area contributed by atoms with Crippen molar-refractivity contribution in [2.24, 2.45) is 0 Å². The normalized spacial score (nSPS) is 23.4. The Kier molecular flexibility index (Phi) is 6.27. The Morgan fingerprint density at radius 2 is 1.78 bits per heavy atom. The number of nitrogens with zero attached hydrogens (tertiary/aromatic N) is 2. The van der Waals surface area contributed by atoms with Crippen molar-refractivity contribution in [1.29, 1.82) is 0 Å². The van der Waals surface area contributed by atoms with E-state index in [-0.39, 0.29) is 12.4 Å². The molecule has 0 aliphatic carbocycles. The number of piperazine rings is 1. The summed E-state index contributed by atoms with van der Waals surface area (Å²) in [5.41, 5.74) is 0. The van der Waals surface area contributed by atoms with Gasteiger partial charge in [-0.05, 0) is 30.7 Å². The zero-order valence-electron chi connectivity index (χ0n) is 13.3. The molecule has 0 amide bonds. The molecule has 23 heavy (non-hydrogen) atoms. The van der Waals surface area contributed by atoms with Gasteiger partial charge in [-0.3, -0.25) is 4.90 Å². The molecule has 1 aromatic carbocycles. The summed E-state index contributed by atoms with van der Waals surface area (Å²) in [6.45, 7) is 5.17. The van der Waals surface area contributed by atoms with Crippen LogP contribution in [-0.4, -0.2) is 70.0 Å². The van der Waals surface area contributed by atoms with E-state index in [0.29, 0.717) is 29.8 Å². The summed E-state index contributed by atoms with van der Waals surface area (Å²) in [6, 6.07) is 6.96. The fourth-order valence-corrected chi connectivity index (χ4v) is 4.66. The minimum atomic E-state index is -3.40. The van der Waals surface area contributed by atoms with Crippen LogP contribution in [0.2, 0.25) is 0 Å². The van der Waals surface area contributed by atoms with Crippen LogP contribution in [0.15, 0.2) is 29.2 Å². The molecule has 130 valence electrons. The Bertz CT molecular complexity index is 603. The molecule has 2 heterocycles. The van der Waals surface area contributed by atoms with Gasteiger partial charge in [0.05, 0.1) is 12.0 Å². The molecule has 0 saturated carbocycles. The number of halogens is 1. The number of hydrogen-bond donors (Lipinski definition) is 1. The molecule has 2 aliphatic rings. The third kappa shape index (κ3) is 3.97. The van der Waals surface area contributed by atoms with Crippen molar-refractivity contribution in [3.63, 3.8) is 0 Å². The van der Waals surface area contributed by atoms with Crippen LogP contribution in [0.1, 0.15) is 6.42 Å². The summed E-state index contributed by atoms with van der Waals surface area (Å²) >= 11 is 0. The maximum atomic E-state index is 12.7. The van der Waals surface area contributed by atoms with E-state index in [2.05, 4.69) is 10.2 Å². The first-order valence-corrected chi connectivity index (χ1v) is 9.14. The average Bonchev–Trinajstić information content (AvgIpc) is 3.06. The Morgan fingerprint density at radius 1 is 1.13 bits per heavy atom. The van der Waals surface area contributed by atoms with E-state index < -0.39 is 10.0 Å². The van der Waals surface area contributed by atoms with Crippen molar-refractivity contribution in [3.8, 4) is 5.75 Å². The molecule has 1 unspecified atom stereocenters. The van der Waals surface area contributed by atoms with E-state index in [0.717, 1.165) is 32.6 Å². The number of benzene rings is 1. The zero-order valence-corrected chi connectivity index (χ0v) is 14.9. The summed E-state index contributed by atoms with van der Waals surface area (Å²) in [4.78, 5) is 2.74. The maximum absolute atomic E-state index is 12.7. The molecule has 6 nitrogen and oxygen atoms in total. The van der Waals surface area contributed by atoms with Gasteiger partial charge in [0.25, 0.3) is 0 Å². The lowest BCUT2D eigenvalue weighted by atomic mass is 10.2. The molecule has 0 radical (unpaired) electrons. The second-order valence-corrected chi connectivity index (χ2v) is 7.70. The van der Waals surface area contributed by atoms with E-state index in [4.69, 9.17) is 4.74 Å². The highest BCUT2D eigenvalue weighted by Crippen LogP contribution is 2.25. The number of sulfonamides is 1. The molecule has 2 aliphatic heterocycles. The van der Waals surface area contributed by atoms with Crippen molar-refractivity contribution in [3.05, 3.63) is 24.3 Å². The van der Waals surface area contributed by atoms with E-state index >= 15 is 0 Å². The molecule has 3 rings (SSSR count). The summed E-state index contributed by atoms with van der Waals surface area (Å²) in [5, 5.41) is 3.33. The summed E-state index contributed by atoms with van der Waals surface area (Å²) in [5.74, 6) is 0.666. The number of ether oxygens (including phenoxy) is 1. The third-order valence-corrected chi connectivity index (χ3v) is 6.37. The lowest BCUT2D eigenvalue weighted by molar-refractivity contribution is 0.179. The molecule has 1 atom stereocenters. The van der Waals surface area contributed by atoms with Crippen LogP contribution >= 0.6 is 12.4 Å². The van der Waals surface area contributed by atoms with Crippen LogP contribution in [0, 0.1) is 0 Å². The predicted molar refractivity (Wildman–Crippen MR) is 91.8 cm³/mol. The molecular weight excluding hydrogens is 338 g/mol. The molecule has 1 N–H and O–H groups in total. The van der Waals surface area contributed by atoms with Gasteiger partial charge in [-0.1, -0.05) is 0 Å². The van der Waals surface area contributed by atoms with Gasteiger partial charge in [-0.15, -0.1) is 12.4 Å². The van der Waals surface area contributed by atoms with Gasteiger partial charge in [0.2, 0.25) is 10.0 Å². The molecule has 1 aromatic rings. The van der Waals surface area contributed by atoms with Crippen LogP contribution in [-0.2, 0) is 10.0 Å². The van der Waals surface area contributed by atoms with Crippen molar-refractivity contribution >= 4 is 22.4 Å². The first-order valence-electron chi connectivity index (χ1n) is 7.70. The van der Waals surface area contributed by atoms with E-state index in [1.807, 2.05) is 0 Å². The lowest BCUT2D eigenvalue weighted by Gasteiger charge is -2.32. The highest BCUT2D eigenvalue weighted by molar-refractivity contribution is 7.89. The van der Waals surface area contributed by atoms with Gasteiger partial charge in [0.15, 0.2) is 0 Å². The van der Waals surface area contributed by atoms with Crippen molar-refractivity contribution in [2.75, 3.05) is 46.4 Å². The molecule has 0 bridgehead atoms. The van der Waals surface area contributed by atoms with Gasteiger partial charge in [0, 0.05) is 45.3 Å². The van der Waals surface area contributed by atoms with Gasteiger partial charge in [-0.25, -0.2) is 8.42 Å². The number of rotatable bonds is 4. The third-order valence-electron chi connectivity index (χ3n) is 4.49. The first kappa shape index (κ1) is 18.5. The van der Waals surface area contributed by atoms with Gasteiger partial charge in [0.1, 0.15) is 5.75 Å². The summed E-state index contributed by atoms with van der Waals surface area (Å²) < 4.78 is 32.1. The SMILES string of the molecule is COc1ccc(S(=O)(=O)N2CCC(N3CCNCC3)C2)cc1.Cl. The first-order chi connectivity index (χ1) is 10.6. The average molecular weight is 362 g/mol. The molecule has 0 aromatic heterocycles. The quantitative estimate of drug-likeness (QED) is 0.859. The smallest absolute Gasteiger partial charge is 0.243 e. The summed E-state index contributed by atoms with van der Waals surface area (Å²) in [7, 11) is -1.83. The fourth-order valence-electron chi connectivity index (χ4n) is 3.17. The number of methoxy groups -OCH3 is 1.